The third-order valence-corrected chi connectivity index (χ3v) is 3.84. The molecular formula is C15H17NO2. The molecule has 18 heavy (non-hydrogen) atoms. The highest BCUT2D eigenvalue weighted by molar-refractivity contribution is 5.80. The van der Waals surface area contributed by atoms with Gasteiger partial charge in [-0.15, -0.1) is 0 Å². The van der Waals surface area contributed by atoms with Crippen molar-refractivity contribution in [3.63, 3.8) is 0 Å². The second kappa shape index (κ2) is 4.81. The van der Waals surface area contributed by atoms with Crippen LogP contribution in [-0.4, -0.2) is 12.9 Å². The van der Waals surface area contributed by atoms with Gasteiger partial charge in [-0.3, -0.25) is 4.79 Å². The zero-order valence-electron chi connectivity index (χ0n) is 10.8. The normalized spacial score (nSPS) is 18.2. The summed E-state index contributed by atoms with van der Waals surface area (Å²) in [6.07, 6.45) is 2.25. The van der Waals surface area contributed by atoms with Crippen LogP contribution in [0.3, 0.4) is 0 Å². The molecule has 0 radical (unpaired) electrons. The fraction of sp³-hybridized carbons (Fsp3) is 0.467. The molecule has 0 N–H and O–H groups in total. The van der Waals surface area contributed by atoms with Gasteiger partial charge < -0.3 is 4.74 Å². The Morgan fingerprint density at radius 1 is 1.33 bits per heavy atom. The molecule has 1 aliphatic rings. The monoisotopic (exact) mass is 243 g/mol. The molecule has 0 bridgehead atoms. The van der Waals surface area contributed by atoms with Crippen molar-refractivity contribution >= 4 is 5.78 Å². The number of carbonyl (C=O) groups is 1. The average Bonchev–Trinajstić information content (AvgIpc) is 2.41. The number of aryl methyl sites for hydroxylation is 1. The van der Waals surface area contributed by atoms with Crippen molar-refractivity contribution < 1.29 is 9.53 Å². The van der Waals surface area contributed by atoms with Crippen LogP contribution in [0.2, 0.25) is 0 Å². The quantitative estimate of drug-likeness (QED) is 0.802. The van der Waals surface area contributed by atoms with Crippen molar-refractivity contribution in [3.05, 3.63) is 29.3 Å². The van der Waals surface area contributed by atoms with Gasteiger partial charge in [0.2, 0.25) is 0 Å². The molecule has 3 heteroatoms. The Bertz CT molecular complexity index is 504. The first-order valence-electron chi connectivity index (χ1n) is 6.19. The molecule has 0 amide bonds. The van der Waals surface area contributed by atoms with Crippen LogP contribution in [0, 0.1) is 18.3 Å². The number of nitriles is 1. The molecule has 1 fully saturated rings. The lowest BCUT2D eigenvalue weighted by atomic mass is 9.70. The summed E-state index contributed by atoms with van der Waals surface area (Å²) in [5.41, 5.74) is 1.51. The molecular weight excluding hydrogens is 226 g/mol. The van der Waals surface area contributed by atoms with E-state index in [2.05, 4.69) is 6.07 Å². The molecule has 3 nitrogen and oxygen atoms in total. The van der Waals surface area contributed by atoms with Gasteiger partial charge in [0, 0.05) is 12.8 Å². The van der Waals surface area contributed by atoms with Crippen LogP contribution in [0.25, 0.3) is 0 Å². The van der Waals surface area contributed by atoms with E-state index >= 15 is 0 Å². The molecule has 1 aliphatic carbocycles. The van der Waals surface area contributed by atoms with E-state index in [-0.39, 0.29) is 5.78 Å². The zero-order valence-corrected chi connectivity index (χ0v) is 10.8. The van der Waals surface area contributed by atoms with Crippen LogP contribution in [0.5, 0.6) is 5.75 Å². The smallest absolute Gasteiger partial charge is 0.133 e. The summed E-state index contributed by atoms with van der Waals surface area (Å²) < 4.78 is 5.31. The molecule has 0 aliphatic heterocycles. The standard InChI is InChI=1S/C15H17NO2/c1-11-3-4-12(9-14(11)18-2)15(10-16)7-5-13(17)6-8-15/h3-4,9H,5-8H2,1-2H3. The third kappa shape index (κ3) is 2.11. The van der Waals surface area contributed by atoms with E-state index in [0.717, 1.165) is 16.9 Å². The van der Waals surface area contributed by atoms with E-state index < -0.39 is 5.41 Å². The minimum atomic E-state index is -0.519. The largest absolute Gasteiger partial charge is 0.496 e. The number of ether oxygens (including phenoxy) is 1. The first-order valence-corrected chi connectivity index (χ1v) is 6.19. The van der Waals surface area contributed by atoms with E-state index in [9.17, 15) is 10.1 Å². The first-order chi connectivity index (χ1) is 8.61. The van der Waals surface area contributed by atoms with Crippen molar-refractivity contribution in [1.29, 1.82) is 5.26 Å². The fourth-order valence-corrected chi connectivity index (χ4v) is 2.54. The van der Waals surface area contributed by atoms with Gasteiger partial charge in [-0.05, 0) is 37.0 Å². The van der Waals surface area contributed by atoms with Gasteiger partial charge in [0.25, 0.3) is 0 Å². The highest BCUT2D eigenvalue weighted by atomic mass is 16.5. The molecule has 2 rings (SSSR count). The maximum absolute atomic E-state index is 11.3. The minimum Gasteiger partial charge on any atom is -0.496 e. The van der Waals surface area contributed by atoms with E-state index in [0.29, 0.717) is 25.7 Å². The summed E-state index contributed by atoms with van der Waals surface area (Å²) in [7, 11) is 1.63. The topological polar surface area (TPSA) is 50.1 Å². The maximum Gasteiger partial charge on any atom is 0.133 e. The van der Waals surface area contributed by atoms with Gasteiger partial charge in [-0.25, -0.2) is 0 Å². The van der Waals surface area contributed by atoms with Crippen LogP contribution in [0.1, 0.15) is 36.8 Å². The third-order valence-electron chi connectivity index (χ3n) is 3.84. The Labute approximate surface area is 107 Å². The van der Waals surface area contributed by atoms with Gasteiger partial charge in [0.15, 0.2) is 0 Å². The molecule has 0 spiro atoms. The highest BCUT2D eigenvalue weighted by Crippen LogP contribution is 2.39. The molecule has 0 heterocycles. The fourth-order valence-electron chi connectivity index (χ4n) is 2.54. The Kier molecular flexibility index (Phi) is 3.38. The lowest BCUT2D eigenvalue weighted by molar-refractivity contribution is -0.120. The second-order valence-electron chi connectivity index (χ2n) is 4.92. The molecule has 0 atom stereocenters. The van der Waals surface area contributed by atoms with Crippen molar-refractivity contribution in [3.8, 4) is 11.8 Å². The Morgan fingerprint density at radius 3 is 2.56 bits per heavy atom. The zero-order chi connectivity index (χ0) is 13.2. The van der Waals surface area contributed by atoms with E-state index in [1.807, 2.05) is 25.1 Å². The molecule has 0 saturated heterocycles. The number of ketones is 1. The summed E-state index contributed by atoms with van der Waals surface area (Å²) in [5, 5.41) is 9.51. The van der Waals surface area contributed by atoms with Crippen LogP contribution >= 0.6 is 0 Å². The Morgan fingerprint density at radius 2 is 2.00 bits per heavy atom. The minimum absolute atomic E-state index is 0.264. The van der Waals surface area contributed by atoms with Crippen LogP contribution in [0.4, 0.5) is 0 Å². The number of carbonyl (C=O) groups excluding carboxylic acids is 1. The molecule has 1 aromatic carbocycles. The molecule has 0 aromatic heterocycles. The lowest BCUT2D eigenvalue weighted by Gasteiger charge is -2.30. The summed E-state index contributed by atoms with van der Waals surface area (Å²) in [6, 6.07) is 8.31. The maximum atomic E-state index is 11.3. The van der Waals surface area contributed by atoms with Crippen LogP contribution in [0.15, 0.2) is 18.2 Å². The van der Waals surface area contributed by atoms with Gasteiger partial charge >= 0.3 is 0 Å². The van der Waals surface area contributed by atoms with Gasteiger partial charge in [-0.1, -0.05) is 12.1 Å². The second-order valence-corrected chi connectivity index (χ2v) is 4.92. The molecule has 0 unspecified atom stereocenters. The summed E-state index contributed by atoms with van der Waals surface area (Å²) in [5.74, 6) is 1.07. The van der Waals surface area contributed by atoms with Gasteiger partial charge in [-0.2, -0.15) is 5.26 Å². The summed E-state index contributed by atoms with van der Waals surface area (Å²) >= 11 is 0. The molecule has 94 valence electrons. The summed E-state index contributed by atoms with van der Waals surface area (Å²) in [6.45, 7) is 1.98. The number of nitrogens with zero attached hydrogens (tertiary/aromatic N) is 1. The average molecular weight is 243 g/mol. The van der Waals surface area contributed by atoms with E-state index in [1.165, 1.54) is 0 Å². The van der Waals surface area contributed by atoms with Gasteiger partial charge in [0.05, 0.1) is 18.6 Å². The van der Waals surface area contributed by atoms with Crippen molar-refractivity contribution in [2.24, 2.45) is 0 Å². The number of rotatable bonds is 2. The van der Waals surface area contributed by atoms with E-state index in [4.69, 9.17) is 4.74 Å². The first kappa shape index (κ1) is 12.6. The number of methoxy groups -OCH3 is 1. The summed E-state index contributed by atoms with van der Waals surface area (Å²) in [4.78, 5) is 11.3. The Hall–Kier alpha value is -1.82. The number of benzene rings is 1. The van der Waals surface area contributed by atoms with Crippen molar-refractivity contribution in [2.45, 2.75) is 38.0 Å². The predicted octanol–water partition coefficient (Wildman–Crippen LogP) is 2.91. The van der Waals surface area contributed by atoms with Crippen LogP contribution in [-0.2, 0) is 10.2 Å². The number of hydrogen-bond acceptors (Lipinski definition) is 3. The number of Topliss-reactive ketones (excluding diaryl/α,β-unsaturated/α-hetero) is 1. The van der Waals surface area contributed by atoms with Gasteiger partial charge in [0.1, 0.15) is 11.5 Å². The van der Waals surface area contributed by atoms with Crippen molar-refractivity contribution in [2.75, 3.05) is 7.11 Å². The number of hydrogen-bond donors (Lipinski definition) is 0. The molecule has 1 aromatic rings. The van der Waals surface area contributed by atoms with E-state index in [1.54, 1.807) is 7.11 Å². The van der Waals surface area contributed by atoms with Crippen molar-refractivity contribution in [1.82, 2.24) is 0 Å². The molecule has 1 saturated carbocycles. The highest BCUT2D eigenvalue weighted by Gasteiger charge is 2.36. The lowest BCUT2D eigenvalue weighted by Crippen LogP contribution is -2.30. The van der Waals surface area contributed by atoms with Crippen LogP contribution < -0.4 is 4.74 Å². The SMILES string of the molecule is COc1cc(C2(C#N)CCC(=O)CC2)ccc1C. The Balaban J connectivity index is 2.39. The predicted molar refractivity (Wildman–Crippen MR) is 68.5 cm³/mol.